The fourth-order valence-electron chi connectivity index (χ4n) is 5.82. The van der Waals surface area contributed by atoms with E-state index in [4.69, 9.17) is 0 Å². The van der Waals surface area contributed by atoms with E-state index >= 15 is 0 Å². The van der Waals surface area contributed by atoms with Crippen LogP contribution in [0.1, 0.15) is 55.6 Å². The van der Waals surface area contributed by atoms with Crippen molar-refractivity contribution in [3.63, 3.8) is 0 Å². The molecular weight excluding hydrogens is 472 g/mol. The van der Waals surface area contributed by atoms with Crippen molar-refractivity contribution in [2.24, 2.45) is 5.92 Å². The molecule has 198 valence electrons. The smallest absolute Gasteiger partial charge is 0.324 e. The molecule has 1 saturated heterocycles. The van der Waals surface area contributed by atoms with Crippen LogP contribution in [0.4, 0.5) is 16.2 Å². The zero-order valence-electron chi connectivity index (χ0n) is 22.3. The Labute approximate surface area is 226 Å². The molecule has 38 heavy (non-hydrogen) atoms. The van der Waals surface area contributed by atoms with Gasteiger partial charge in [-0.15, -0.1) is 0 Å². The Kier molecular flexibility index (Phi) is 8.27. The number of likely N-dealkylation sites (tertiary alicyclic amines) is 1. The average Bonchev–Trinajstić information content (AvgIpc) is 3.52. The van der Waals surface area contributed by atoms with E-state index in [0.29, 0.717) is 6.54 Å². The Morgan fingerprint density at radius 2 is 1.39 bits per heavy atom. The van der Waals surface area contributed by atoms with Crippen molar-refractivity contribution in [2.45, 2.75) is 51.0 Å². The molecule has 2 aliphatic rings. The molecule has 6 nitrogen and oxygen atoms in total. The van der Waals surface area contributed by atoms with E-state index in [1.165, 1.54) is 5.56 Å². The average molecular weight is 511 g/mol. The number of para-hydroxylation sites is 2. The fraction of sp³-hybridized carbons (Fsp3) is 0.375. The first kappa shape index (κ1) is 25.8. The highest BCUT2D eigenvalue weighted by atomic mass is 16.2. The summed E-state index contributed by atoms with van der Waals surface area (Å²) < 4.78 is 0. The summed E-state index contributed by atoms with van der Waals surface area (Å²) in [7, 11) is 1.89. The van der Waals surface area contributed by atoms with Crippen LogP contribution in [0.2, 0.25) is 0 Å². The van der Waals surface area contributed by atoms with E-state index in [2.05, 4.69) is 29.7 Å². The van der Waals surface area contributed by atoms with Gasteiger partial charge in [0.05, 0.1) is 12.2 Å². The van der Waals surface area contributed by atoms with Crippen LogP contribution >= 0.6 is 0 Å². The van der Waals surface area contributed by atoms with Gasteiger partial charge in [0.15, 0.2) is 0 Å². The van der Waals surface area contributed by atoms with Gasteiger partial charge in [-0.1, -0.05) is 73.5 Å². The van der Waals surface area contributed by atoms with E-state index in [-0.39, 0.29) is 23.8 Å². The molecule has 1 saturated carbocycles. The van der Waals surface area contributed by atoms with Gasteiger partial charge in [0.25, 0.3) is 0 Å². The number of anilines is 2. The van der Waals surface area contributed by atoms with Crippen molar-refractivity contribution in [3.8, 4) is 0 Å². The third-order valence-corrected chi connectivity index (χ3v) is 7.95. The number of rotatable bonds is 7. The quantitative estimate of drug-likeness (QED) is 0.377. The Morgan fingerprint density at radius 1 is 0.789 bits per heavy atom. The first-order valence-electron chi connectivity index (χ1n) is 13.9. The van der Waals surface area contributed by atoms with E-state index in [1.807, 2.05) is 82.5 Å². The summed E-state index contributed by atoms with van der Waals surface area (Å²) in [5.74, 6) is 0.216. The number of hydrazine groups is 1. The monoisotopic (exact) mass is 510 g/mol. The molecule has 6 heteroatoms. The first-order valence-corrected chi connectivity index (χ1v) is 13.9. The lowest BCUT2D eigenvalue weighted by Crippen LogP contribution is -2.45. The topological polar surface area (TPSA) is 55.9 Å². The molecule has 0 radical (unpaired) electrons. The highest BCUT2D eigenvalue weighted by molar-refractivity contribution is 5.92. The van der Waals surface area contributed by atoms with Gasteiger partial charge >= 0.3 is 6.03 Å². The minimum absolute atomic E-state index is 0.0571. The second kappa shape index (κ2) is 12.2. The SMILES string of the molecule is CN(NC(=O)[C@H]1CCCC[C@@H]1c1ccc(CN(C(=O)N2CCCC2)c2ccccc2)cc1)c1ccccc1. The molecule has 5 rings (SSSR count). The zero-order chi connectivity index (χ0) is 26.3. The molecule has 3 aromatic carbocycles. The Bertz CT molecular complexity index is 1190. The lowest BCUT2D eigenvalue weighted by Gasteiger charge is -2.33. The maximum absolute atomic E-state index is 13.4. The standard InChI is InChI=1S/C32H38N4O2/c1-34(27-12-4-2-5-13-27)33-31(37)30-17-9-8-16-29(30)26-20-18-25(19-21-26)24-36(28-14-6-3-7-15-28)32(38)35-22-10-11-23-35/h2-7,12-15,18-21,29-30H,8-11,16-17,22-24H2,1H3,(H,33,37)/t29-,30+/m1/s1. The van der Waals surface area contributed by atoms with Crippen molar-refractivity contribution in [3.05, 3.63) is 96.1 Å². The highest BCUT2D eigenvalue weighted by Gasteiger charge is 2.33. The van der Waals surface area contributed by atoms with Crippen LogP contribution in [0.3, 0.4) is 0 Å². The number of hydrogen-bond acceptors (Lipinski definition) is 3. The highest BCUT2D eigenvalue weighted by Crippen LogP contribution is 2.38. The summed E-state index contributed by atoms with van der Waals surface area (Å²) in [6.45, 7) is 2.17. The zero-order valence-corrected chi connectivity index (χ0v) is 22.3. The van der Waals surface area contributed by atoms with Crippen LogP contribution in [0, 0.1) is 5.92 Å². The normalized spacial score (nSPS) is 19.1. The second-order valence-corrected chi connectivity index (χ2v) is 10.5. The lowest BCUT2D eigenvalue weighted by atomic mass is 9.75. The molecule has 0 aromatic heterocycles. The Morgan fingerprint density at radius 3 is 2.05 bits per heavy atom. The second-order valence-electron chi connectivity index (χ2n) is 10.5. The lowest BCUT2D eigenvalue weighted by molar-refractivity contribution is -0.126. The van der Waals surface area contributed by atoms with Gasteiger partial charge in [-0.2, -0.15) is 0 Å². The van der Waals surface area contributed by atoms with Crippen molar-refractivity contribution in [2.75, 3.05) is 30.0 Å². The van der Waals surface area contributed by atoms with Crippen LogP contribution in [0.25, 0.3) is 0 Å². The van der Waals surface area contributed by atoms with Gasteiger partial charge in [-0.25, -0.2) is 4.79 Å². The molecule has 0 spiro atoms. The van der Waals surface area contributed by atoms with Crippen molar-refractivity contribution in [1.29, 1.82) is 0 Å². The number of carbonyl (C=O) groups is 2. The molecule has 1 aliphatic carbocycles. The molecule has 0 unspecified atom stereocenters. The summed E-state index contributed by atoms with van der Waals surface area (Å²) >= 11 is 0. The van der Waals surface area contributed by atoms with E-state index in [9.17, 15) is 9.59 Å². The Balaban J connectivity index is 1.29. The summed E-state index contributed by atoms with van der Waals surface area (Å²) in [4.78, 5) is 30.6. The molecule has 0 bridgehead atoms. The minimum Gasteiger partial charge on any atom is -0.324 e. The van der Waals surface area contributed by atoms with Crippen LogP contribution in [0.5, 0.6) is 0 Å². The third kappa shape index (κ3) is 6.01. The molecule has 3 amide bonds. The number of nitrogens with one attached hydrogen (secondary N) is 1. The summed E-state index contributed by atoms with van der Waals surface area (Å²) in [5.41, 5.74) is 7.28. The van der Waals surface area contributed by atoms with Crippen molar-refractivity contribution in [1.82, 2.24) is 10.3 Å². The van der Waals surface area contributed by atoms with Gasteiger partial charge in [-0.05, 0) is 67.0 Å². The fourth-order valence-corrected chi connectivity index (χ4v) is 5.82. The van der Waals surface area contributed by atoms with Crippen LogP contribution < -0.4 is 15.3 Å². The number of amides is 3. The molecule has 1 heterocycles. The number of nitrogens with zero attached hydrogens (tertiary/aromatic N) is 3. The number of carbonyl (C=O) groups excluding carboxylic acids is 2. The maximum atomic E-state index is 13.4. The molecule has 2 atom stereocenters. The third-order valence-electron chi connectivity index (χ3n) is 7.95. The molecule has 1 N–H and O–H groups in total. The Hall–Kier alpha value is -3.80. The summed E-state index contributed by atoms with van der Waals surface area (Å²) in [5, 5.41) is 1.81. The van der Waals surface area contributed by atoms with Gasteiger partial charge < -0.3 is 4.90 Å². The molecule has 3 aromatic rings. The van der Waals surface area contributed by atoms with Crippen LogP contribution in [0.15, 0.2) is 84.9 Å². The largest absolute Gasteiger partial charge is 0.324 e. The van der Waals surface area contributed by atoms with Gasteiger partial charge in [0.2, 0.25) is 5.91 Å². The summed E-state index contributed by atoms with van der Waals surface area (Å²) in [6, 6.07) is 28.5. The minimum atomic E-state index is -0.0571. The van der Waals surface area contributed by atoms with Crippen molar-refractivity contribution < 1.29 is 9.59 Å². The predicted molar refractivity (Wildman–Crippen MR) is 153 cm³/mol. The summed E-state index contributed by atoms with van der Waals surface area (Å²) in [6.07, 6.45) is 6.26. The molecule has 1 aliphatic heterocycles. The molecule has 2 fully saturated rings. The predicted octanol–water partition coefficient (Wildman–Crippen LogP) is 6.35. The maximum Gasteiger partial charge on any atom is 0.324 e. The van der Waals surface area contributed by atoms with Gasteiger partial charge in [0.1, 0.15) is 0 Å². The van der Waals surface area contributed by atoms with Gasteiger partial charge in [0, 0.05) is 31.7 Å². The van der Waals surface area contributed by atoms with E-state index in [0.717, 1.165) is 68.6 Å². The van der Waals surface area contributed by atoms with E-state index < -0.39 is 0 Å². The number of urea groups is 1. The number of hydrogen-bond donors (Lipinski definition) is 1. The van der Waals surface area contributed by atoms with Crippen LogP contribution in [-0.2, 0) is 11.3 Å². The van der Waals surface area contributed by atoms with E-state index in [1.54, 1.807) is 0 Å². The number of benzene rings is 3. The van der Waals surface area contributed by atoms with Gasteiger partial charge in [-0.3, -0.25) is 20.1 Å². The van der Waals surface area contributed by atoms with Crippen LogP contribution in [-0.4, -0.2) is 37.0 Å². The molecular formula is C32H38N4O2. The first-order chi connectivity index (χ1) is 18.6. The van der Waals surface area contributed by atoms with Crippen molar-refractivity contribution >= 4 is 23.3 Å².